The molecule has 7 nitrogen and oxygen atoms in total. The second-order valence-electron chi connectivity index (χ2n) is 8.39. The molecule has 0 aliphatic carbocycles. The number of rotatable bonds is 5. The van der Waals surface area contributed by atoms with E-state index in [2.05, 4.69) is 10.2 Å². The number of aromatic nitrogens is 1. The van der Waals surface area contributed by atoms with E-state index in [1.807, 2.05) is 60.0 Å². The van der Waals surface area contributed by atoms with Gasteiger partial charge in [-0.3, -0.25) is 9.36 Å². The van der Waals surface area contributed by atoms with Gasteiger partial charge in [0, 0.05) is 30.7 Å². The summed E-state index contributed by atoms with van der Waals surface area (Å²) >= 11 is 0. The molecule has 1 fully saturated rings. The Morgan fingerprint density at radius 3 is 2.39 bits per heavy atom. The lowest BCUT2D eigenvalue weighted by Crippen LogP contribution is -3.11. The molecule has 2 N–H and O–H groups in total. The topological polar surface area (TPSA) is 74.6 Å². The summed E-state index contributed by atoms with van der Waals surface area (Å²) in [7, 11) is 3.89. The number of nitrogens with zero attached hydrogens (tertiary/aromatic N) is 4. The van der Waals surface area contributed by atoms with Gasteiger partial charge >= 0.3 is 0 Å². The van der Waals surface area contributed by atoms with E-state index in [1.54, 1.807) is 12.1 Å². The van der Waals surface area contributed by atoms with Crippen LogP contribution in [0, 0.1) is 0 Å². The van der Waals surface area contributed by atoms with Crippen LogP contribution in [0.1, 0.15) is 36.0 Å². The molecule has 1 aliphatic heterocycles. The molecule has 2 aromatic carbocycles. The molecule has 3 aromatic rings. The lowest BCUT2D eigenvalue weighted by molar-refractivity contribution is -0.921. The van der Waals surface area contributed by atoms with Crippen LogP contribution in [-0.4, -0.2) is 42.8 Å². The van der Waals surface area contributed by atoms with Crippen molar-refractivity contribution in [1.29, 1.82) is 0 Å². The summed E-state index contributed by atoms with van der Waals surface area (Å²) in [4.78, 5) is 16.0. The molecule has 162 valence electrons. The Morgan fingerprint density at radius 1 is 1.03 bits per heavy atom. The van der Waals surface area contributed by atoms with Crippen molar-refractivity contribution >= 4 is 28.2 Å². The third-order valence-electron chi connectivity index (χ3n) is 5.98. The number of para-hydroxylation sites is 1. The van der Waals surface area contributed by atoms with Crippen molar-refractivity contribution < 1.29 is 14.8 Å². The summed E-state index contributed by atoms with van der Waals surface area (Å²) in [5.74, 6) is -0.364. The van der Waals surface area contributed by atoms with Gasteiger partial charge in [0.05, 0.1) is 18.6 Å². The average molecular weight is 421 g/mol. The van der Waals surface area contributed by atoms with Crippen LogP contribution in [-0.2, 0) is 6.67 Å². The van der Waals surface area contributed by atoms with Crippen LogP contribution in [0.25, 0.3) is 10.9 Å². The van der Waals surface area contributed by atoms with E-state index in [4.69, 9.17) is 0 Å². The number of likely N-dealkylation sites (tertiary alicyclic amines) is 1. The Morgan fingerprint density at radius 2 is 1.71 bits per heavy atom. The molecule has 1 aromatic heterocycles. The predicted octanol–water partition coefficient (Wildman–Crippen LogP) is 3.75. The van der Waals surface area contributed by atoms with Gasteiger partial charge in [-0.25, -0.2) is 0 Å². The molecular weight excluding hydrogens is 390 g/mol. The summed E-state index contributed by atoms with van der Waals surface area (Å²) in [6.07, 6.45) is 4.98. The third kappa shape index (κ3) is 4.61. The second kappa shape index (κ2) is 9.31. The number of azo groups is 1. The van der Waals surface area contributed by atoms with Crippen molar-refractivity contribution in [2.75, 3.05) is 32.1 Å². The van der Waals surface area contributed by atoms with E-state index in [0.29, 0.717) is 17.9 Å². The number of carbonyl (C=O) groups is 1. The van der Waals surface area contributed by atoms with E-state index >= 15 is 0 Å². The molecule has 1 amide bonds. The standard InChI is InChI=1S/C24H29N5O2/c1-27(2)19-13-11-18(12-14-19)23(30)26-25-22-20-9-5-6-10-21(20)29(24(22)31)17-28-15-7-3-4-8-16-28/h5-6,9-14,31H,3-4,7-8,15-17H2,1-2H3/p+1. The monoisotopic (exact) mass is 420 g/mol. The first kappa shape index (κ1) is 21.1. The minimum Gasteiger partial charge on any atom is -0.493 e. The van der Waals surface area contributed by atoms with Crippen LogP contribution in [0.4, 0.5) is 11.4 Å². The predicted molar refractivity (Wildman–Crippen MR) is 122 cm³/mol. The molecule has 0 saturated carbocycles. The zero-order valence-corrected chi connectivity index (χ0v) is 18.2. The first-order valence-corrected chi connectivity index (χ1v) is 10.9. The Hall–Kier alpha value is -3.19. The van der Waals surface area contributed by atoms with Gasteiger partial charge in [0.25, 0.3) is 5.91 Å². The minimum atomic E-state index is -0.431. The number of amides is 1. The largest absolute Gasteiger partial charge is 0.493 e. The number of anilines is 1. The van der Waals surface area contributed by atoms with Crippen molar-refractivity contribution in [2.45, 2.75) is 32.4 Å². The van der Waals surface area contributed by atoms with Crippen LogP contribution in [0.3, 0.4) is 0 Å². The number of hydrogen-bond donors (Lipinski definition) is 2. The molecule has 1 saturated heterocycles. The number of fused-ring (bicyclic) bond motifs is 1. The number of hydrogen-bond acceptors (Lipinski definition) is 4. The number of benzene rings is 2. The lowest BCUT2D eigenvalue weighted by Gasteiger charge is -2.18. The van der Waals surface area contributed by atoms with E-state index < -0.39 is 5.91 Å². The van der Waals surface area contributed by atoms with Crippen LogP contribution < -0.4 is 9.80 Å². The highest BCUT2D eigenvalue weighted by atomic mass is 16.3. The zero-order chi connectivity index (χ0) is 21.8. The Balaban J connectivity index is 1.61. The van der Waals surface area contributed by atoms with Gasteiger partial charge in [-0.2, -0.15) is 0 Å². The van der Waals surface area contributed by atoms with Crippen molar-refractivity contribution in [3.8, 4) is 5.88 Å². The highest BCUT2D eigenvalue weighted by Gasteiger charge is 2.21. The van der Waals surface area contributed by atoms with Gasteiger partial charge in [0.15, 0.2) is 12.4 Å². The van der Waals surface area contributed by atoms with Crippen LogP contribution in [0.15, 0.2) is 58.8 Å². The van der Waals surface area contributed by atoms with Gasteiger partial charge in [-0.05, 0) is 56.0 Å². The van der Waals surface area contributed by atoms with Crippen LogP contribution >= 0.6 is 0 Å². The maximum atomic E-state index is 12.5. The Labute approximate surface area is 182 Å². The number of nitrogens with one attached hydrogen (secondary N) is 1. The van der Waals surface area contributed by atoms with Crippen LogP contribution in [0.2, 0.25) is 0 Å². The highest BCUT2D eigenvalue weighted by molar-refractivity contribution is 5.97. The first-order chi connectivity index (χ1) is 15.0. The van der Waals surface area contributed by atoms with Crippen molar-refractivity contribution in [3.63, 3.8) is 0 Å². The summed E-state index contributed by atoms with van der Waals surface area (Å²) < 4.78 is 1.90. The molecule has 2 heterocycles. The average Bonchev–Trinajstić information content (AvgIpc) is 2.93. The fourth-order valence-electron chi connectivity index (χ4n) is 4.20. The SMILES string of the molecule is CN(C)c1ccc(C(=O)N=Nc2c(O)n(C[NH+]3CCCCCC3)c3ccccc23)cc1. The number of aromatic hydroxyl groups is 1. The zero-order valence-electron chi connectivity index (χ0n) is 18.2. The Kier molecular flexibility index (Phi) is 6.32. The molecule has 0 bridgehead atoms. The normalized spacial score (nSPS) is 15.4. The quantitative estimate of drug-likeness (QED) is 0.618. The first-order valence-electron chi connectivity index (χ1n) is 10.9. The highest BCUT2D eigenvalue weighted by Crippen LogP contribution is 2.38. The van der Waals surface area contributed by atoms with Gasteiger partial charge in [0.1, 0.15) is 0 Å². The molecule has 4 rings (SSSR count). The summed E-state index contributed by atoms with van der Waals surface area (Å²) in [6, 6.07) is 15.0. The minimum absolute atomic E-state index is 0.0671. The third-order valence-corrected chi connectivity index (χ3v) is 5.98. The fourth-order valence-corrected chi connectivity index (χ4v) is 4.20. The van der Waals surface area contributed by atoms with Gasteiger partial charge in [-0.15, -0.1) is 10.2 Å². The van der Waals surface area contributed by atoms with Crippen molar-refractivity contribution in [2.24, 2.45) is 10.2 Å². The molecule has 0 atom stereocenters. The number of quaternary nitrogens is 1. The summed E-state index contributed by atoms with van der Waals surface area (Å²) in [5, 5.41) is 19.9. The van der Waals surface area contributed by atoms with Crippen LogP contribution in [0.5, 0.6) is 5.88 Å². The van der Waals surface area contributed by atoms with Crippen molar-refractivity contribution in [1.82, 2.24) is 4.57 Å². The van der Waals surface area contributed by atoms with E-state index in [1.165, 1.54) is 30.6 Å². The molecule has 0 unspecified atom stereocenters. The molecule has 0 radical (unpaired) electrons. The van der Waals surface area contributed by atoms with Crippen molar-refractivity contribution in [3.05, 3.63) is 54.1 Å². The smallest absolute Gasteiger partial charge is 0.295 e. The molecule has 31 heavy (non-hydrogen) atoms. The van der Waals surface area contributed by atoms with Gasteiger partial charge in [-0.1, -0.05) is 18.2 Å². The molecular formula is C24H30N5O2+. The lowest BCUT2D eigenvalue weighted by atomic mass is 10.2. The fraction of sp³-hybridized carbons (Fsp3) is 0.375. The molecule has 0 spiro atoms. The summed E-state index contributed by atoms with van der Waals surface area (Å²) in [6.45, 7) is 2.89. The maximum absolute atomic E-state index is 12.5. The number of carbonyl (C=O) groups excluding carboxylic acids is 1. The summed E-state index contributed by atoms with van der Waals surface area (Å²) in [5.41, 5.74) is 2.73. The molecule has 7 heteroatoms. The second-order valence-corrected chi connectivity index (χ2v) is 8.39. The van der Waals surface area contributed by atoms with E-state index in [-0.39, 0.29) is 5.88 Å². The molecule has 1 aliphatic rings. The van der Waals surface area contributed by atoms with Gasteiger partial charge < -0.3 is 14.9 Å². The maximum Gasteiger partial charge on any atom is 0.295 e. The van der Waals surface area contributed by atoms with Gasteiger partial charge in [0.2, 0.25) is 5.88 Å². The Bertz CT molecular complexity index is 1080. The van der Waals surface area contributed by atoms with E-state index in [9.17, 15) is 9.90 Å². The van der Waals surface area contributed by atoms with E-state index in [0.717, 1.165) is 29.7 Å².